The van der Waals surface area contributed by atoms with Crippen LogP contribution >= 0.6 is 11.3 Å². The molecule has 0 spiro atoms. The van der Waals surface area contributed by atoms with Crippen molar-refractivity contribution < 1.29 is 14.7 Å². The quantitative estimate of drug-likeness (QED) is 0.811. The molecule has 0 amide bonds. The molecule has 0 saturated heterocycles. The zero-order chi connectivity index (χ0) is 10.6. The SMILES string of the molecule is CC(=O)C(CC(=O)O)Cc1cccs1. The van der Waals surface area contributed by atoms with Crippen LogP contribution in [0.25, 0.3) is 0 Å². The predicted molar refractivity (Wildman–Crippen MR) is 54.4 cm³/mol. The smallest absolute Gasteiger partial charge is 0.304 e. The maximum Gasteiger partial charge on any atom is 0.304 e. The van der Waals surface area contributed by atoms with Gasteiger partial charge in [0.15, 0.2) is 0 Å². The van der Waals surface area contributed by atoms with Gasteiger partial charge in [0.25, 0.3) is 0 Å². The fraction of sp³-hybridized carbons (Fsp3) is 0.400. The van der Waals surface area contributed by atoms with E-state index in [2.05, 4.69) is 0 Å². The van der Waals surface area contributed by atoms with Crippen LogP contribution in [0.15, 0.2) is 17.5 Å². The first-order chi connectivity index (χ1) is 6.59. The molecule has 1 unspecified atom stereocenters. The van der Waals surface area contributed by atoms with Crippen LogP contribution in [-0.4, -0.2) is 16.9 Å². The Balaban J connectivity index is 2.60. The topological polar surface area (TPSA) is 54.4 Å². The number of hydrogen-bond donors (Lipinski definition) is 1. The molecule has 0 fully saturated rings. The molecule has 1 heterocycles. The standard InChI is InChI=1S/C10H12O3S/c1-7(11)8(6-10(12)13)5-9-3-2-4-14-9/h2-4,8H,5-6H2,1H3,(H,12,13). The van der Waals surface area contributed by atoms with E-state index in [0.29, 0.717) is 6.42 Å². The Morgan fingerprint density at radius 3 is 2.71 bits per heavy atom. The van der Waals surface area contributed by atoms with Gasteiger partial charge in [0.1, 0.15) is 5.78 Å². The zero-order valence-corrected chi connectivity index (χ0v) is 8.71. The largest absolute Gasteiger partial charge is 0.481 e. The second kappa shape index (κ2) is 4.91. The normalized spacial score (nSPS) is 12.4. The molecule has 0 aliphatic carbocycles. The highest BCUT2D eigenvalue weighted by atomic mass is 32.1. The van der Waals surface area contributed by atoms with Gasteiger partial charge in [0, 0.05) is 10.8 Å². The number of carbonyl (C=O) groups is 2. The summed E-state index contributed by atoms with van der Waals surface area (Å²) in [5.41, 5.74) is 0. The van der Waals surface area contributed by atoms with E-state index in [4.69, 9.17) is 5.11 Å². The molecular weight excluding hydrogens is 200 g/mol. The van der Waals surface area contributed by atoms with Crippen molar-refractivity contribution in [1.29, 1.82) is 0 Å². The number of carboxylic acids is 1. The summed E-state index contributed by atoms with van der Waals surface area (Å²) in [7, 11) is 0. The Hall–Kier alpha value is -1.16. The molecule has 3 nitrogen and oxygen atoms in total. The van der Waals surface area contributed by atoms with Crippen LogP contribution in [0.5, 0.6) is 0 Å². The van der Waals surface area contributed by atoms with Crippen LogP contribution in [-0.2, 0) is 16.0 Å². The minimum absolute atomic E-state index is 0.0548. The van der Waals surface area contributed by atoms with E-state index in [-0.39, 0.29) is 18.1 Å². The van der Waals surface area contributed by atoms with Crippen molar-refractivity contribution in [1.82, 2.24) is 0 Å². The number of aliphatic carboxylic acids is 1. The molecule has 0 saturated carbocycles. The van der Waals surface area contributed by atoms with Gasteiger partial charge in [-0.1, -0.05) is 6.07 Å². The Morgan fingerprint density at radius 2 is 2.29 bits per heavy atom. The summed E-state index contributed by atoms with van der Waals surface area (Å²) >= 11 is 1.55. The Morgan fingerprint density at radius 1 is 1.57 bits per heavy atom. The maximum absolute atomic E-state index is 11.1. The second-order valence-electron chi connectivity index (χ2n) is 3.19. The molecule has 1 aromatic rings. The molecule has 1 rings (SSSR count). The van der Waals surface area contributed by atoms with Crippen LogP contribution in [0.4, 0.5) is 0 Å². The van der Waals surface area contributed by atoms with Gasteiger partial charge in [0.05, 0.1) is 6.42 Å². The highest BCUT2D eigenvalue weighted by Crippen LogP contribution is 2.17. The minimum Gasteiger partial charge on any atom is -0.481 e. The average molecular weight is 212 g/mol. The van der Waals surface area contributed by atoms with Crippen LogP contribution in [0.1, 0.15) is 18.2 Å². The van der Waals surface area contributed by atoms with E-state index < -0.39 is 5.97 Å². The molecule has 1 atom stereocenters. The summed E-state index contributed by atoms with van der Waals surface area (Å²) in [5.74, 6) is -1.35. The molecule has 76 valence electrons. The van der Waals surface area contributed by atoms with Crippen molar-refractivity contribution in [2.45, 2.75) is 19.8 Å². The Labute approximate surface area is 86.4 Å². The van der Waals surface area contributed by atoms with Crippen LogP contribution in [0.3, 0.4) is 0 Å². The lowest BCUT2D eigenvalue weighted by Gasteiger charge is -2.08. The van der Waals surface area contributed by atoms with Crippen molar-refractivity contribution >= 4 is 23.1 Å². The van der Waals surface area contributed by atoms with E-state index in [1.165, 1.54) is 6.92 Å². The van der Waals surface area contributed by atoms with Gasteiger partial charge in [-0.3, -0.25) is 9.59 Å². The molecule has 0 aromatic carbocycles. The third-order valence-corrected chi connectivity index (χ3v) is 2.92. The molecule has 0 bridgehead atoms. The lowest BCUT2D eigenvalue weighted by molar-refractivity contribution is -0.140. The Kier molecular flexibility index (Phi) is 3.83. The van der Waals surface area contributed by atoms with Crippen LogP contribution in [0, 0.1) is 5.92 Å². The zero-order valence-electron chi connectivity index (χ0n) is 7.90. The Bertz CT molecular complexity index is 316. The average Bonchev–Trinajstić information content (AvgIpc) is 2.54. The first-order valence-electron chi connectivity index (χ1n) is 4.34. The number of rotatable bonds is 5. The maximum atomic E-state index is 11.1. The van der Waals surface area contributed by atoms with E-state index in [0.717, 1.165) is 4.88 Å². The summed E-state index contributed by atoms with van der Waals surface area (Å²) in [6.07, 6.45) is 0.465. The highest BCUT2D eigenvalue weighted by Gasteiger charge is 2.18. The van der Waals surface area contributed by atoms with Crippen molar-refractivity contribution in [3.05, 3.63) is 22.4 Å². The summed E-state index contributed by atoms with van der Waals surface area (Å²) < 4.78 is 0. The summed E-state index contributed by atoms with van der Waals surface area (Å²) in [6.45, 7) is 1.45. The molecule has 0 aliphatic rings. The number of carboxylic acid groups (broad SMARTS) is 1. The van der Waals surface area contributed by atoms with Gasteiger partial charge in [-0.15, -0.1) is 11.3 Å². The van der Waals surface area contributed by atoms with E-state index >= 15 is 0 Å². The van der Waals surface area contributed by atoms with Gasteiger partial charge in [0.2, 0.25) is 0 Å². The lowest BCUT2D eigenvalue weighted by atomic mass is 9.96. The molecule has 1 N–H and O–H groups in total. The minimum atomic E-state index is -0.915. The van der Waals surface area contributed by atoms with Gasteiger partial charge in [-0.05, 0) is 24.8 Å². The van der Waals surface area contributed by atoms with Gasteiger partial charge in [-0.2, -0.15) is 0 Å². The van der Waals surface area contributed by atoms with Gasteiger partial charge >= 0.3 is 5.97 Å². The fourth-order valence-corrected chi connectivity index (χ4v) is 2.03. The van der Waals surface area contributed by atoms with Gasteiger partial charge < -0.3 is 5.11 Å². The highest BCUT2D eigenvalue weighted by molar-refractivity contribution is 7.09. The van der Waals surface area contributed by atoms with E-state index in [1.807, 2.05) is 17.5 Å². The summed E-state index contributed by atoms with van der Waals surface area (Å²) in [5, 5.41) is 10.5. The number of Topliss-reactive ketones (excluding diaryl/α,β-unsaturated/α-hetero) is 1. The first-order valence-corrected chi connectivity index (χ1v) is 5.22. The molecule has 0 aliphatic heterocycles. The predicted octanol–water partition coefficient (Wildman–Crippen LogP) is 1.97. The van der Waals surface area contributed by atoms with E-state index in [1.54, 1.807) is 11.3 Å². The number of carbonyl (C=O) groups excluding carboxylic acids is 1. The van der Waals surface area contributed by atoms with Crippen molar-refractivity contribution in [3.8, 4) is 0 Å². The second-order valence-corrected chi connectivity index (χ2v) is 4.22. The number of ketones is 1. The molecule has 0 radical (unpaired) electrons. The first kappa shape index (κ1) is 10.9. The molecule has 1 aromatic heterocycles. The fourth-order valence-electron chi connectivity index (χ4n) is 1.24. The number of hydrogen-bond acceptors (Lipinski definition) is 3. The number of thiophene rings is 1. The van der Waals surface area contributed by atoms with Crippen molar-refractivity contribution in [2.75, 3.05) is 0 Å². The monoisotopic (exact) mass is 212 g/mol. The van der Waals surface area contributed by atoms with Crippen molar-refractivity contribution in [3.63, 3.8) is 0 Å². The molecule has 4 heteroatoms. The molecule has 14 heavy (non-hydrogen) atoms. The van der Waals surface area contributed by atoms with Crippen LogP contribution < -0.4 is 0 Å². The van der Waals surface area contributed by atoms with Crippen molar-refractivity contribution in [2.24, 2.45) is 5.92 Å². The lowest BCUT2D eigenvalue weighted by Crippen LogP contribution is -2.17. The van der Waals surface area contributed by atoms with E-state index in [9.17, 15) is 9.59 Å². The third-order valence-electron chi connectivity index (χ3n) is 2.02. The molecular formula is C10H12O3S. The summed E-state index contributed by atoms with van der Waals surface area (Å²) in [4.78, 5) is 22.7. The van der Waals surface area contributed by atoms with Gasteiger partial charge in [-0.25, -0.2) is 0 Å². The van der Waals surface area contributed by atoms with Crippen LogP contribution in [0.2, 0.25) is 0 Å². The summed E-state index contributed by atoms with van der Waals surface area (Å²) in [6, 6.07) is 3.82. The third kappa shape index (κ3) is 3.30.